The first-order valence-electron chi connectivity index (χ1n) is 7.26. The number of amides is 1. The van der Waals surface area contributed by atoms with Gasteiger partial charge in [-0.2, -0.15) is 0 Å². The second-order valence-electron chi connectivity index (χ2n) is 5.28. The molecule has 0 radical (unpaired) electrons. The molecule has 1 rings (SSSR count). The van der Waals surface area contributed by atoms with Crippen molar-refractivity contribution in [3.05, 3.63) is 22.4 Å². The van der Waals surface area contributed by atoms with Gasteiger partial charge in [-0.25, -0.2) is 0 Å². The smallest absolute Gasteiger partial charge is 0.267 e. The van der Waals surface area contributed by atoms with Crippen LogP contribution in [0.4, 0.5) is 0 Å². The summed E-state index contributed by atoms with van der Waals surface area (Å²) in [4.78, 5) is 12.3. The van der Waals surface area contributed by atoms with Crippen molar-refractivity contribution in [1.82, 2.24) is 9.88 Å². The number of nitrogens with one attached hydrogen (secondary N) is 1. The number of aliphatic hydroxyl groups is 1. The van der Waals surface area contributed by atoms with Crippen LogP contribution in [0.1, 0.15) is 50.5 Å². The molecular weight excluding hydrogens is 320 g/mol. The monoisotopic (exact) mass is 344 g/mol. The maximum atomic E-state index is 12.3. The normalized spacial score (nSPS) is 11.7. The summed E-state index contributed by atoms with van der Waals surface area (Å²) in [6.07, 6.45) is 4.60. The highest BCUT2D eigenvalue weighted by Gasteiger charge is 2.26. The number of aryl methyl sites for hydroxylation is 1. The van der Waals surface area contributed by atoms with Crippen molar-refractivity contribution in [2.75, 3.05) is 13.2 Å². The summed E-state index contributed by atoms with van der Waals surface area (Å²) in [5.74, 6) is -0.0797. The largest absolute Gasteiger partial charge is 0.396 e. The van der Waals surface area contributed by atoms with Crippen molar-refractivity contribution in [1.29, 1.82) is 0 Å². The van der Waals surface area contributed by atoms with E-state index < -0.39 is 0 Å². The van der Waals surface area contributed by atoms with Crippen LogP contribution in [0.25, 0.3) is 0 Å². The Morgan fingerprint density at radius 3 is 2.55 bits per heavy atom. The molecule has 0 aromatic carbocycles. The average Bonchev–Trinajstić information content (AvgIpc) is 2.82. The fourth-order valence-electron chi connectivity index (χ4n) is 2.23. The van der Waals surface area contributed by atoms with Crippen molar-refractivity contribution in [3.63, 3.8) is 0 Å². The highest BCUT2D eigenvalue weighted by atomic mass is 79.9. The maximum Gasteiger partial charge on any atom is 0.267 e. The van der Waals surface area contributed by atoms with Crippen LogP contribution < -0.4 is 5.32 Å². The van der Waals surface area contributed by atoms with E-state index in [4.69, 9.17) is 0 Å². The molecule has 2 N–H and O–H groups in total. The maximum absolute atomic E-state index is 12.3. The molecule has 0 unspecified atom stereocenters. The van der Waals surface area contributed by atoms with Gasteiger partial charge in [0.1, 0.15) is 5.69 Å². The Hall–Kier alpha value is -0.810. The summed E-state index contributed by atoms with van der Waals surface area (Å²) in [5, 5.41) is 12.5. The van der Waals surface area contributed by atoms with Gasteiger partial charge in [0.2, 0.25) is 0 Å². The molecule has 1 heterocycles. The molecule has 1 aromatic heterocycles. The molecule has 0 saturated carbocycles. The summed E-state index contributed by atoms with van der Waals surface area (Å²) in [5.41, 5.74) is 0.451. The lowest BCUT2D eigenvalue weighted by molar-refractivity contribution is 0.0843. The zero-order chi connectivity index (χ0) is 15.2. The van der Waals surface area contributed by atoms with E-state index in [1.807, 2.05) is 30.7 Å². The third-order valence-corrected chi connectivity index (χ3v) is 4.45. The van der Waals surface area contributed by atoms with E-state index in [2.05, 4.69) is 28.2 Å². The molecule has 0 bridgehead atoms. The molecule has 1 aromatic rings. The summed E-state index contributed by atoms with van der Waals surface area (Å²) in [7, 11) is 0. The van der Waals surface area contributed by atoms with Crippen LogP contribution in [-0.4, -0.2) is 28.7 Å². The Morgan fingerprint density at radius 1 is 1.40 bits per heavy atom. The van der Waals surface area contributed by atoms with Crippen LogP contribution in [-0.2, 0) is 6.54 Å². The molecule has 20 heavy (non-hydrogen) atoms. The average molecular weight is 345 g/mol. The number of aromatic nitrogens is 1. The Kier molecular flexibility index (Phi) is 6.76. The topological polar surface area (TPSA) is 54.3 Å². The van der Waals surface area contributed by atoms with Gasteiger partial charge in [-0.05, 0) is 41.3 Å². The highest BCUT2D eigenvalue weighted by molar-refractivity contribution is 9.10. The molecule has 0 aliphatic heterocycles. The van der Waals surface area contributed by atoms with Gasteiger partial charge < -0.3 is 15.0 Å². The highest BCUT2D eigenvalue weighted by Crippen LogP contribution is 2.24. The van der Waals surface area contributed by atoms with E-state index in [0.29, 0.717) is 12.2 Å². The predicted octanol–water partition coefficient (Wildman–Crippen LogP) is 3.19. The number of halogens is 1. The van der Waals surface area contributed by atoms with Crippen molar-refractivity contribution >= 4 is 21.8 Å². The summed E-state index contributed by atoms with van der Waals surface area (Å²) in [6.45, 7) is 7.59. The molecule has 5 heteroatoms. The fraction of sp³-hybridized carbons (Fsp3) is 0.667. The molecule has 0 saturated heterocycles. The number of rotatable bonds is 8. The lowest BCUT2D eigenvalue weighted by Crippen LogP contribution is -2.40. The van der Waals surface area contributed by atoms with Crippen LogP contribution in [0.5, 0.6) is 0 Å². The first-order valence-corrected chi connectivity index (χ1v) is 8.06. The molecule has 0 spiro atoms. The molecule has 0 aliphatic rings. The summed E-state index contributed by atoms with van der Waals surface area (Å²) >= 11 is 3.41. The van der Waals surface area contributed by atoms with E-state index in [1.165, 1.54) is 0 Å². The summed E-state index contributed by atoms with van der Waals surface area (Å²) < 4.78 is 2.87. The quantitative estimate of drug-likeness (QED) is 0.760. The zero-order valence-corrected chi connectivity index (χ0v) is 14.2. The third-order valence-electron chi connectivity index (χ3n) is 4.02. The van der Waals surface area contributed by atoms with Crippen molar-refractivity contribution in [2.24, 2.45) is 5.41 Å². The Bertz CT molecular complexity index is 431. The standard InChI is InChI=1S/C15H25BrN2O2/c1-4-7-18-9-12(16)8-13(18)14(20)17-10-15(5-2,6-3)11-19/h8-9,19H,4-7,10-11H2,1-3H3,(H,17,20). The van der Waals surface area contributed by atoms with Crippen LogP contribution in [0.2, 0.25) is 0 Å². The van der Waals surface area contributed by atoms with Gasteiger partial charge in [0, 0.05) is 29.2 Å². The molecule has 0 aliphatic carbocycles. The van der Waals surface area contributed by atoms with Gasteiger partial charge in [-0.3, -0.25) is 4.79 Å². The van der Waals surface area contributed by atoms with Gasteiger partial charge in [0.05, 0.1) is 6.61 Å². The van der Waals surface area contributed by atoms with Crippen molar-refractivity contribution in [3.8, 4) is 0 Å². The Labute approximate surface area is 129 Å². The minimum Gasteiger partial charge on any atom is -0.396 e. The van der Waals surface area contributed by atoms with Gasteiger partial charge in [0.15, 0.2) is 0 Å². The minimum absolute atomic E-state index is 0.0797. The lowest BCUT2D eigenvalue weighted by Gasteiger charge is -2.29. The van der Waals surface area contributed by atoms with E-state index in [1.54, 1.807) is 0 Å². The molecule has 1 amide bonds. The number of hydrogen-bond acceptors (Lipinski definition) is 2. The first-order chi connectivity index (χ1) is 9.51. The molecule has 0 atom stereocenters. The minimum atomic E-state index is -0.213. The number of carbonyl (C=O) groups is 1. The van der Waals surface area contributed by atoms with E-state index in [-0.39, 0.29) is 17.9 Å². The van der Waals surface area contributed by atoms with Crippen LogP contribution in [0, 0.1) is 5.41 Å². The summed E-state index contributed by atoms with van der Waals surface area (Å²) in [6, 6.07) is 1.84. The van der Waals surface area contributed by atoms with Gasteiger partial charge in [-0.15, -0.1) is 0 Å². The molecular formula is C15H25BrN2O2. The number of nitrogens with zero attached hydrogens (tertiary/aromatic N) is 1. The number of hydrogen-bond donors (Lipinski definition) is 2. The van der Waals surface area contributed by atoms with E-state index >= 15 is 0 Å². The van der Waals surface area contributed by atoms with Gasteiger partial charge in [0.25, 0.3) is 5.91 Å². The fourth-order valence-corrected chi connectivity index (χ4v) is 2.69. The van der Waals surface area contributed by atoms with Gasteiger partial charge in [-0.1, -0.05) is 20.8 Å². The van der Waals surface area contributed by atoms with Crippen LogP contribution in [0.3, 0.4) is 0 Å². The van der Waals surface area contributed by atoms with E-state index in [0.717, 1.165) is 30.3 Å². The SMILES string of the molecule is CCCn1cc(Br)cc1C(=O)NCC(CC)(CC)CO. The van der Waals surface area contributed by atoms with E-state index in [9.17, 15) is 9.90 Å². The predicted molar refractivity (Wildman–Crippen MR) is 84.9 cm³/mol. The van der Waals surface area contributed by atoms with Gasteiger partial charge >= 0.3 is 0 Å². The molecule has 114 valence electrons. The number of aliphatic hydroxyl groups excluding tert-OH is 1. The third kappa shape index (κ3) is 4.09. The number of carbonyl (C=O) groups excluding carboxylic acids is 1. The molecule has 4 nitrogen and oxygen atoms in total. The second kappa shape index (κ2) is 7.84. The Morgan fingerprint density at radius 2 is 2.05 bits per heavy atom. The molecule has 0 fully saturated rings. The van der Waals surface area contributed by atoms with Crippen molar-refractivity contribution < 1.29 is 9.90 Å². The van der Waals surface area contributed by atoms with Crippen LogP contribution in [0.15, 0.2) is 16.7 Å². The Balaban J connectivity index is 2.76. The lowest BCUT2D eigenvalue weighted by atomic mass is 9.83. The second-order valence-corrected chi connectivity index (χ2v) is 6.20. The van der Waals surface area contributed by atoms with Crippen molar-refractivity contribution in [2.45, 2.75) is 46.6 Å². The first kappa shape index (κ1) is 17.2. The zero-order valence-electron chi connectivity index (χ0n) is 12.6. The van der Waals surface area contributed by atoms with Crippen LogP contribution >= 0.6 is 15.9 Å².